The molecular formula is C16H22F3N3O. The van der Waals surface area contributed by atoms with Crippen molar-refractivity contribution in [1.82, 2.24) is 15.1 Å². The quantitative estimate of drug-likeness (QED) is 0.915. The molecule has 0 spiro atoms. The normalized spacial score (nSPS) is 24.0. The van der Waals surface area contributed by atoms with Crippen LogP contribution in [0.15, 0.2) is 24.3 Å². The summed E-state index contributed by atoms with van der Waals surface area (Å²) in [4.78, 5) is 4.91. The van der Waals surface area contributed by atoms with E-state index in [0.717, 1.165) is 57.8 Å². The van der Waals surface area contributed by atoms with Gasteiger partial charge in [-0.2, -0.15) is 0 Å². The van der Waals surface area contributed by atoms with E-state index in [1.165, 1.54) is 12.1 Å². The third-order valence-corrected chi connectivity index (χ3v) is 4.48. The molecule has 1 aromatic rings. The standard InChI is InChI=1S/C16H22F3N3O/c17-16(18,19)23-15-3-1-13(2-4-15)11-21-8-5-14(12-21)22-9-6-20-7-10-22/h1-4,14,20H,5-12H2. The first kappa shape index (κ1) is 16.5. The van der Waals surface area contributed by atoms with Crippen molar-refractivity contribution in [2.75, 3.05) is 39.3 Å². The third-order valence-electron chi connectivity index (χ3n) is 4.48. The second-order valence-electron chi connectivity index (χ2n) is 6.16. The molecule has 2 fully saturated rings. The van der Waals surface area contributed by atoms with E-state index < -0.39 is 6.36 Å². The number of rotatable bonds is 4. The summed E-state index contributed by atoms with van der Waals surface area (Å²) in [5.74, 6) is -0.165. The van der Waals surface area contributed by atoms with Crippen molar-refractivity contribution >= 4 is 0 Å². The van der Waals surface area contributed by atoms with Crippen molar-refractivity contribution in [2.24, 2.45) is 0 Å². The summed E-state index contributed by atoms with van der Waals surface area (Å²) in [6.07, 6.45) is -3.47. The van der Waals surface area contributed by atoms with Crippen LogP contribution in [0.4, 0.5) is 13.2 Å². The molecule has 4 nitrogen and oxygen atoms in total. The van der Waals surface area contributed by atoms with Crippen LogP contribution >= 0.6 is 0 Å². The third kappa shape index (κ3) is 4.83. The van der Waals surface area contributed by atoms with E-state index in [2.05, 4.69) is 19.9 Å². The Labute approximate surface area is 134 Å². The lowest BCUT2D eigenvalue weighted by Crippen LogP contribution is -2.49. The van der Waals surface area contributed by atoms with E-state index in [1.807, 2.05) is 0 Å². The van der Waals surface area contributed by atoms with Crippen molar-refractivity contribution in [3.8, 4) is 5.75 Å². The van der Waals surface area contributed by atoms with E-state index in [1.54, 1.807) is 12.1 Å². The molecule has 7 heteroatoms. The van der Waals surface area contributed by atoms with Crippen LogP contribution in [-0.4, -0.2) is 61.5 Å². The van der Waals surface area contributed by atoms with Crippen molar-refractivity contribution in [2.45, 2.75) is 25.4 Å². The maximum absolute atomic E-state index is 12.1. The van der Waals surface area contributed by atoms with Crippen LogP contribution < -0.4 is 10.1 Å². The minimum atomic E-state index is -4.63. The zero-order valence-corrected chi connectivity index (χ0v) is 13.0. The van der Waals surface area contributed by atoms with Gasteiger partial charge in [-0.3, -0.25) is 9.80 Å². The van der Waals surface area contributed by atoms with E-state index in [4.69, 9.17) is 0 Å². The summed E-state index contributed by atoms with van der Waals surface area (Å²) < 4.78 is 40.3. The van der Waals surface area contributed by atoms with Crippen LogP contribution in [0.1, 0.15) is 12.0 Å². The van der Waals surface area contributed by atoms with Crippen LogP contribution in [0, 0.1) is 0 Å². The molecule has 2 aliphatic heterocycles. The summed E-state index contributed by atoms with van der Waals surface area (Å²) >= 11 is 0. The highest BCUT2D eigenvalue weighted by molar-refractivity contribution is 5.27. The number of benzene rings is 1. The lowest BCUT2D eigenvalue weighted by molar-refractivity contribution is -0.274. The van der Waals surface area contributed by atoms with Gasteiger partial charge in [0.15, 0.2) is 0 Å². The lowest BCUT2D eigenvalue weighted by atomic mass is 10.2. The number of ether oxygens (including phenoxy) is 1. The van der Waals surface area contributed by atoms with E-state index >= 15 is 0 Å². The summed E-state index contributed by atoms with van der Waals surface area (Å²) in [5, 5.41) is 3.36. The molecule has 23 heavy (non-hydrogen) atoms. The molecule has 1 atom stereocenters. The second-order valence-corrected chi connectivity index (χ2v) is 6.16. The van der Waals surface area contributed by atoms with Crippen molar-refractivity contribution < 1.29 is 17.9 Å². The Morgan fingerprint density at radius 2 is 1.78 bits per heavy atom. The number of piperazine rings is 1. The number of hydrogen-bond acceptors (Lipinski definition) is 4. The fourth-order valence-electron chi connectivity index (χ4n) is 3.36. The molecule has 0 radical (unpaired) electrons. The molecule has 0 aliphatic carbocycles. The zero-order chi connectivity index (χ0) is 16.3. The predicted molar refractivity (Wildman–Crippen MR) is 81.2 cm³/mol. The van der Waals surface area contributed by atoms with Gasteiger partial charge >= 0.3 is 6.36 Å². The largest absolute Gasteiger partial charge is 0.573 e. The Hall–Kier alpha value is -1.31. The molecule has 3 rings (SSSR count). The minimum absolute atomic E-state index is 0.165. The van der Waals surface area contributed by atoms with Crippen molar-refractivity contribution in [1.29, 1.82) is 0 Å². The number of nitrogens with one attached hydrogen (secondary N) is 1. The summed E-state index contributed by atoms with van der Waals surface area (Å²) in [7, 11) is 0. The van der Waals surface area contributed by atoms with Crippen LogP contribution in [0.5, 0.6) is 5.75 Å². The molecule has 1 aromatic carbocycles. The average molecular weight is 329 g/mol. The molecule has 0 amide bonds. The molecule has 1 unspecified atom stereocenters. The van der Waals surface area contributed by atoms with E-state index in [0.29, 0.717) is 6.04 Å². The topological polar surface area (TPSA) is 27.7 Å². The molecule has 2 heterocycles. The van der Waals surface area contributed by atoms with Crippen molar-refractivity contribution in [3.05, 3.63) is 29.8 Å². The van der Waals surface area contributed by atoms with Gasteiger partial charge in [-0.25, -0.2) is 0 Å². The number of likely N-dealkylation sites (tertiary alicyclic amines) is 1. The number of nitrogens with zero attached hydrogens (tertiary/aromatic N) is 2. The van der Waals surface area contributed by atoms with Gasteiger partial charge in [0.25, 0.3) is 0 Å². The first-order valence-corrected chi connectivity index (χ1v) is 8.01. The van der Waals surface area contributed by atoms with Gasteiger partial charge in [0.1, 0.15) is 5.75 Å². The fraction of sp³-hybridized carbons (Fsp3) is 0.625. The average Bonchev–Trinajstić information content (AvgIpc) is 2.97. The summed E-state index contributed by atoms with van der Waals surface area (Å²) in [6, 6.07) is 6.78. The first-order chi connectivity index (χ1) is 11.0. The number of halogens is 3. The van der Waals surface area contributed by atoms with E-state index in [-0.39, 0.29) is 5.75 Å². The Morgan fingerprint density at radius 1 is 1.09 bits per heavy atom. The zero-order valence-electron chi connectivity index (χ0n) is 13.0. The second kappa shape index (κ2) is 7.07. The van der Waals surface area contributed by atoms with Crippen LogP contribution in [0.2, 0.25) is 0 Å². The Kier molecular flexibility index (Phi) is 5.08. The predicted octanol–water partition coefficient (Wildman–Crippen LogP) is 2.06. The Morgan fingerprint density at radius 3 is 2.43 bits per heavy atom. The molecule has 0 bridgehead atoms. The van der Waals surface area contributed by atoms with Gasteiger partial charge in [0.2, 0.25) is 0 Å². The number of hydrogen-bond donors (Lipinski definition) is 1. The highest BCUT2D eigenvalue weighted by atomic mass is 19.4. The van der Waals surface area contributed by atoms with Gasteiger partial charge in [0, 0.05) is 51.9 Å². The van der Waals surface area contributed by atoms with Crippen LogP contribution in [-0.2, 0) is 6.54 Å². The Balaban J connectivity index is 1.50. The van der Waals surface area contributed by atoms with Crippen molar-refractivity contribution in [3.63, 3.8) is 0 Å². The molecular weight excluding hydrogens is 307 g/mol. The molecule has 2 aliphatic rings. The monoisotopic (exact) mass is 329 g/mol. The van der Waals surface area contributed by atoms with Gasteiger partial charge in [0.05, 0.1) is 0 Å². The maximum atomic E-state index is 12.1. The molecule has 2 saturated heterocycles. The minimum Gasteiger partial charge on any atom is -0.406 e. The molecule has 0 saturated carbocycles. The Bertz CT molecular complexity index is 500. The smallest absolute Gasteiger partial charge is 0.406 e. The van der Waals surface area contributed by atoms with Gasteiger partial charge in [-0.05, 0) is 24.1 Å². The van der Waals surface area contributed by atoms with Crippen LogP contribution in [0.25, 0.3) is 0 Å². The molecule has 128 valence electrons. The van der Waals surface area contributed by atoms with Gasteiger partial charge in [-0.15, -0.1) is 13.2 Å². The maximum Gasteiger partial charge on any atom is 0.573 e. The SMILES string of the molecule is FC(F)(F)Oc1ccc(CN2CCC(N3CCNCC3)C2)cc1. The summed E-state index contributed by atoms with van der Waals surface area (Å²) in [5.41, 5.74) is 1.01. The molecule has 0 aromatic heterocycles. The highest BCUT2D eigenvalue weighted by Crippen LogP contribution is 2.24. The first-order valence-electron chi connectivity index (χ1n) is 8.01. The van der Waals surface area contributed by atoms with Crippen LogP contribution in [0.3, 0.4) is 0 Å². The van der Waals surface area contributed by atoms with E-state index in [9.17, 15) is 13.2 Å². The summed E-state index contributed by atoms with van der Waals surface area (Å²) in [6.45, 7) is 7.14. The lowest BCUT2D eigenvalue weighted by Gasteiger charge is -2.32. The van der Waals surface area contributed by atoms with Gasteiger partial charge in [-0.1, -0.05) is 12.1 Å². The highest BCUT2D eigenvalue weighted by Gasteiger charge is 2.31. The van der Waals surface area contributed by atoms with Gasteiger partial charge < -0.3 is 10.1 Å². The fourth-order valence-corrected chi connectivity index (χ4v) is 3.36. The molecule has 1 N–H and O–H groups in total. The number of alkyl halides is 3.